The van der Waals surface area contributed by atoms with Gasteiger partial charge in [-0.1, -0.05) is 11.2 Å². The first-order valence-electron chi connectivity index (χ1n) is 7.00. The first kappa shape index (κ1) is 15.4. The molecule has 0 radical (unpaired) electrons. The highest BCUT2D eigenvalue weighted by molar-refractivity contribution is 5.58. The first-order chi connectivity index (χ1) is 10.1. The molecule has 5 heteroatoms. The van der Waals surface area contributed by atoms with Gasteiger partial charge >= 0.3 is 0 Å². The highest BCUT2D eigenvalue weighted by Crippen LogP contribution is 2.27. The minimum atomic E-state index is 0.528. The summed E-state index contributed by atoms with van der Waals surface area (Å²) in [6.07, 6.45) is 0. The monoisotopic (exact) mass is 290 g/mol. The molecular weight excluding hydrogens is 268 g/mol. The fourth-order valence-electron chi connectivity index (χ4n) is 2.07. The van der Waals surface area contributed by atoms with Crippen LogP contribution in [0.2, 0.25) is 0 Å². The molecule has 0 aliphatic carbocycles. The molecule has 2 aromatic rings. The molecule has 0 atom stereocenters. The summed E-state index contributed by atoms with van der Waals surface area (Å²) in [7, 11) is 1.66. The number of hydrogen-bond donors (Lipinski definition) is 1. The van der Waals surface area contributed by atoms with E-state index in [1.807, 2.05) is 32.9 Å². The van der Waals surface area contributed by atoms with Crippen LogP contribution in [-0.4, -0.2) is 25.5 Å². The number of nitrogens with zero attached hydrogens (tertiary/aromatic N) is 1. The third-order valence-corrected chi connectivity index (χ3v) is 3.32. The van der Waals surface area contributed by atoms with E-state index in [1.54, 1.807) is 7.11 Å². The first-order valence-corrected chi connectivity index (χ1v) is 7.00. The second-order valence-electron chi connectivity index (χ2n) is 5.00. The molecule has 0 spiro atoms. The Balaban J connectivity index is 2.08. The van der Waals surface area contributed by atoms with E-state index in [0.29, 0.717) is 19.8 Å². The van der Waals surface area contributed by atoms with Gasteiger partial charge in [-0.05, 0) is 38.5 Å². The molecule has 0 fully saturated rings. The van der Waals surface area contributed by atoms with Gasteiger partial charge in [0.15, 0.2) is 0 Å². The fraction of sp³-hybridized carbons (Fsp3) is 0.438. The van der Waals surface area contributed by atoms with Crippen molar-refractivity contribution in [3.63, 3.8) is 0 Å². The maximum Gasteiger partial charge on any atom is 0.142 e. The van der Waals surface area contributed by atoms with E-state index in [9.17, 15) is 0 Å². The Labute approximate surface area is 125 Å². The van der Waals surface area contributed by atoms with E-state index in [2.05, 4.69) is 16.5 Å². The zero-order valence-electron chi connectivity index (χ0n) is 13.0. The van der Waals surface area contributed by atoms with Gasteiger partial charge in [-0.2, -0.15) is 0 Å². The summed E-state index contributed by atoms with van der Waals surface area (Å²) in [4.78, 5) is 0. The SMILES string of the molecule is COCCOc1cc(C)ccc1NCc1c(C)noc1C. The van der Waals surface area contributed by atoms with E-state index in [1.165, 1.54) is 0 Å². The highest BCUT2D eigenvalue weighted by atomic mass is 16.5. The van der Waals surface area contributed by atoms with Crippen LogP contribution in [0.15, 0.2) is 22.7 Å². The van der Waals surface area contributed by atoms with Crippen molar-refractivity contribution in [2.24, 2.45) is 0 Å². The fourth-order valence-corrected chi connectivity index (χ4v) is 2.07. The van der Waals surface area contributed by atoms with Crippen LogP contribution in [0.1, 0.15) is 22.6 Å². The third kappa shape index (κ3) is 3.98. The number of ether oxygens (including phenoxy) is 2. The van der Waals surface area contributed by atoms with E-state index >= 15 is 0 Å². The van der Waals surface area contributed by atoms with Crippen molar-refractivity contribution in [2.45, 2.75) is 27.3 Å². The second kappa shape index (κ2) is 7.13. The molecule has 1 aromatic heterocycles. The van der Waals surface area contributed by atoms with Crippen LogP contribution in [0.3, 0.4) is 0 Å². The zero-order valence-corrected chi connectivity index (χ0v) is 13.0. The molecule has 0 aliphatic heterocycles. The number of benzene rings is 1. The van der Waals surface area contributed by atoms with Gasteiger partial charge in [0, 0.05) is 19.2 Å². The molecule has 1 aromatic carbocycles. The molecule has 0 amide bonds. The lowest BCUT2D eigenvalue weighted by atomic mass is 10.1. The number of nitrogens with one attached hydrogen (secondary N) is 1. The summed E-state index contributed by atoms with van der Waals surface area (Å²) in [6.45, 7) is 7.66. The Morgan fingerprint density at radius 1 is 1.19 bits per heavy atom. The normalized spacial score (nSPS) is 10.7. The molecule has 1 N–H and O–H groups in total. The summed E-state index contributed by atoms with van der Waals surface area (Å²) in [6, 6.07) is 6.10. The Kier molecular flexibility index (Phi) is 5.22. The van der Waals surface area contributed by atoms with Crippen molar-refractivity contribution in [1.82, 2.24) is 5.16 Å². The van der Waals surface area contributed by atoms with Gasteiger partial charge in [-0.3, -0.25) is 0 Å². The van der Waals surface area contributed by atoms with Crippen molar-refractivity contribution in [3.8, 4) is 5.75 Å². The molecule has 0 bridgehead atoms. The number of methoxy groups -OCH3 is 1. The predicted octanol–water partition coefficient (Wildman–Crippen LogP) is 3.24. The standard InChI is InChI=1S/C16H22N2O3/c1-11-5-6-15(16(9-11)20-8-7-19-4)17-10-14-12(2)18-21-13(14)3/h5-6,9,17H,7-8,10H2,1-4H3. The van der Waals surface area contributed by atoms with Gasteiger partial charge in [-0.15, -0.1) is 0 Å². The third-order valence-electron chi connectivity index (χ3n) is 3.32. The Morgan fingerprint density at radius 3 is 2.67 bits per heavy atom. The molecule has 21 heavy (non-hydrogen) atoms. The summed E-state index contributed by atoms with van der Waals surface area (Å²) in [5, 5.41) is 7.35. The van der Waals surface area contributed by atoms with Crippen molar-refractivity contribution < 1.29 is 14.0 Å². The van der Waals surface area contributed by atoms with E-state index in [4.69, 9.17) is 14.0 Å². The van der Waals surface area contributed by atoms with Crippen LogP contribution in [0.4, 0.5) is 5.69 Å². The molecule has 0 saturated heterocycles. The van der Waals surface area contributed by atoms with Crippen LogP contribution in [0.5, 0.6) is 5.75 Å². The Morgan fingerprint density at radius 2 is 2.00 bits per heavy atom. The molecule has 0 aliphatic rings. The van der Waals surface area contributed by atoms with Gasteiger partial charge in [-0.25, -0.2) is 0 Å². The summed E-state index contributed by atoms with van der Waals surface area (Å²) in [5.41, 5.74) is 4.11. The Hall–Kier alpha value is -2.01. The number of aromatic nitrogens is 1. The average Bonchev–Trinajstić information content (AvgIpc) is 2.78. The lowest BCUT2D eigenvalue weighted by molar-refractivity contribution is 0.146. The van der Waals surface area contributed by atoms with Gasteiger partial charge < -0.3 is 19.3 Å². The maximum absolute atomic E-state index is 5.76. The maximum atomic E-state index is 5.76. The second-order valence-corrected chi connectivity index (χ2v) is 5.00. The minimum absolute atomic E-state index is 0.528. The van der Waals surface area contributed by atoms with Crippen LogP contribution >= 0.6 is 0 Å². The van der Waals surface area contributed by atoms with Crippen molar-refractivity contribution in [1.29, 1.82) is 0 Å². The van der Waals surface area contributed by atoms with Gasteiger partial charge in [0.25, 0.3) is 0 Å². The van der Waals surface area contributed by atoms with Crippen LogP contribution in [-0.2, 0) is 11.3 Å². The largest absolute Gasteiger partial charge is 0.489 e. The quantitative estimate of drug-likeness (QED) is 0.793. The van der Waals surface area contributed by atoms with Crippen molar-refractivity contribution in [3.05, 3.63) is 40.8 Å². The van der Waals surface area contributed by atoms with E-state index < -0.39 is 0 Å². The van der Waals surface area contributed by atoms with Crippen molar-refractivity contribution >= 4 is 5.69 Å². The molecule has 2 rings (SSSR count). The van der Waals surface area contributed by atoms with E-state index in [0.717, 1.165) is 34.0 Å². The van der Waals surface area contributed by atoms with E-state index in [-0.39, 0.29) is 0 Å². The lowest BCUT2D eigenvalue weighted by Gasteiger charge is -2.14. The van der Waals surface area contributed by atoms with Crippen molar-refractivity contribution in [2.75, 3.05) is 25.6 Å². The molecule has 5 nitrogen and oxygen atoms in total. The zero-order chi connectivity index (χ0) is 15.2. The molecule has 114 valence electrons. The summed E-state index contributed by atoms with van der Waals surface area (Å²) >= 11 is 0. The molecular formula is C16H22N2O3. The van der Waals surface area contributed by atoms with Gasteiger partial charge in [0.1, 0.15) is 18.1 Å². The molecule has 0 unspecified atom stereocenters. The van der Waals surface area contributed by atoms with Crippen LogP contribution in [0.25, 0.3) is 0 Å². The number of rotatable bonds is 7. The average molecular weight is 290 g/mol. The smallest absolute Gasteiger partial charge is 0.142 e. The number of anilines is 1. The number of hydrogen-bond acceptors (Lipinski definition) is 5. The van der Waals surface area contributed by atoms with Crippen LogP contribution < -0.4 is 10.1 Å². The molecule has 0 saturated carbocycles. The van der Waals surface area contributed by atoms with Gasteiger partial charge in [0.2, 0.25) is 0 Å². The topological polar surface area (TPSA) is 56.5 Å². The van der Waals surface area contributed by atoms with Crippen LogP contribution in [0, 0.1) is 20.8 Å². The predicted molar refractivity (Wildman–Crippen MR) is 81.9 cm³/mol. The summed E-state index contributed by atoms with van der Waals surface area (Å²) in [5.74, 6) is 1.67. The number of aryl methyl sites for hydroxylation is 3. The highest BCUT2D eigenvalue weighted by Gasteiger charge is 2.10. The summed E-state index contributed by atoms with van der Waals surface area (Å²) < 4.78 is 16.0. The lowest BCUT2D eigenvalue weighted by Crippen LogP contribution is -2.08. The Bertz CT molecular complexity index is 574. The minimum Gasteiger partial charge on any atom is -0.489 e. The molecule has 1 heterocycles. The van der Waals surface area contributed by atoms with Gasteiger partial charge in [0.05, 0.1) is 18.0 Å².